The number of ether oxygens (including phenoxy) is 1. The van der Waals surface area contributed by atoms with Crippen LogP contribution in [0.4, 0.5) is 5.69 Å². The quantitative estimate of drug-likeness (QED) is 0.850. The van der Waals surface area contributed by atoms with Crippen LogP contribution in [0.2, 0.25) is 0 Å². The Morgan fingerprint density at radius 2 is 2.04 bits per heavy atom. The van der Waals surface area contributed by atoms with Crippen molar-refractivity contribution in [3.05, 3.63) is 29.8 Å². The zero-order valence-electron chi connectivity index (χ0n) is 14.7. The van der Waals surface area contributed by atoms with Crippen molar-refractivity contribution in [3.63, 3.8) is 0 Å². The summed E-state index contributed by atoms with van der Waals surface area (Å²) in [4.78, 5) is 12.4. The maximum Gasteiger partial charge on any atom is 0.256 e. The van der Waals surface area contributed by atoms with E-state index in [1.165, 1.54) is 0 Å². The van der Waals surface area contributed by atoms with E-state index in [9.17, 15) is 13.2 Å². The van der Waals surface area contributed by atoms with Gasteiger partial charge in [0.1, 0.15) is 5.60 Å². The fraction of sp³-hybridized carbons (Fsp3) is 0.588. The van der Waals surface area contributed by atoms with Crippen LogP contribution in [0.5, 0.6) is 0 Å². The Balaban J connectivity index is 2.08. The molecule has 1 aromatic rings. The van der Waals surface area contributed by atoms with E-state index < -0.39 is 21.2 Å². The molecule has 0 bridgehead atoms. The van der Waals surface area contributed by atoms with E-state index in [0.29, 0.717) is 24.3 Å². The van der Waals surface area contributed by atoms with Gasteiger partial charge in [0.05, 0.1) is 5.75 Å². The second-order valence-corrected chi connectivity index (χ2v) is 9.17. The molecule has 0 aromatic heterocycles. The number of anilines is 1. The van der Waals surface area contributed by atoms with Crippen LogP contribution < -0.4 is 10.0 Å². The molecule has 0 saturated carbocycles. The molecule has 0 spiro atoms. The molecular weight excluding hydrogens is 328 g/mol. The molecule has 134 valence electrons. The van der Waals surface area contributed by atoms with Gasteiger partial charge >= 0.3 is 0 Å². The summed E-state index contributed by atoms with van der Waals surface area (Å²) in [5, 5.41) is 2.82. The predicted molar refractivity (Wildman–Crippen MR) is 94.2 cm³/mol. The van der Waals surface area contributed by atoms with Crippen LogP contribution in [0.25, 0.3) is 0 Å². The smallest absolute Gasteiger partial charge is 0.256 e. The third kappa shape index (κ3) is 5.29. The molecule has 0 radical (unpaired) electrons. The summed E-state index contributed by atoms with van der Waals surface area (Å²) < 4.78 is 32.5. The normalized spacial score (nSPS) is 21.7. The van der Waals surface area contributed by atoms with Gasteiger partial charge in [0.2, 0.25) is 10.0 Å². The highest BCUT2D eigenvalue weighted by Gasteiger charge is 2.37. The van der Waals surface area contributed by atoms with Gasteiger partial charge in [-0.3, -0.25) is 4.79 Å². The summed E-state index contributed by atoms with van der Waals surface area (Å²) in [5.74, 6) is -0.338. The van der Waals surface area contributed by atoms with Gasteiger partial charge in [-0.1, -0.05) is 12.1 Å². The lowest BCUT2D eigenvalue weighted by Gasteiger charge is -2.22. The van der Waals surface area contributed by atoms with E-state index in [2.05, 4.69) is 10.0 Å². The van der Waals surface area contributed by atoms with Crippen molar-refractivity contribution in [3.8, 4) is 0 Å². The summed E-state index contributed by atoms with van der Waals surface area (Å²) in [7, 11) is -3.45. The average Bonchev–Trinajstić information content (AvgIpc) is 2.84. The molecule has 1 saturated heterocycles. The molecule has 1 fully saturated rings. The van der Waals surface area contributed by atoms with Gasteiger partial charge < -0.3 is 10.1 Å². The van der Waals surface area contributed by atoms with Crippen molar-refractivity contribution >= 4 is 21.6 Å². The molecule has 7 heteroatoms. The monoisotopic (exact) mass is 354 g/mol. The molecule has 1 amide bonds. The Morgan fingerprint density at radius 1 is 1.33 bits per heavy atom. The zero-order valence-corrected chi connectivity index (χ0v) is 15.5. The van der Waals surface area contributed by atoms with Crippen molar-refractivity contribution in [1.82, 2.24) is 4.72 Å². The topological polar surface area (TPSA) is 84.5 Å². The number of rotatable bonds is 5. The number of hydrogen-bond acceptors (Lipinski definition) is 4. The maximum atomic E-state index is 12.4. The number of sulfonamides is 1. The van der Waals surface area contributed by atoms with E-state index in [4.69, 9.17) is 4.74 Å². The van der Waals surface area contributed by atoms with Crippen molar-refractivity contribution in [2.24, 2.45) is 0 Å². The third-order valence-electron chi connectivity index (χ3n) is 3.70. The number of nitrogens with one attached hydrogen (secondary N) is 2. The molecule has 2 N–H and O–H groups in total. The third-order valence-corrected chi connectivity index (χ3v) is 5.34. The van der Waals surface area contributed by atoms with Crippen LogP contribution in [0.1, 0.15) is 46.1 Å². The van der Waals surface area contributed by atoms with Gasteiger partial charge in [-0.25, -0.2) is 13.1 Å². The molecule has 6 nitrogen and oxygen atoms in total. The van der Waals surface area contributed by atoms with Gasteiger partial charge in [0, 0.05) is 17.8 Å². The Kier molecular flexibility index (Phi) is 5.37. The first kappa shape index (κ1) is 18.9. The lowest BCUT2D eigenvalue weighted by Crippen LogP contribution is -2.41. The minimum absolute atomic E-state index is 0.137. The number of carbonyl (C=O) groups excluding carboxylic acids is 1. The fourth-order valence-corrected chi connectivity index (χ4v) is 4.31. The molecule has 2 rings (SSSR count). The van der Waals surface area contributed by atoms with Crippen molar-refractivity contribution in [2.45, 2.75) is 57.4 Å². The molecule has 1 unspecified atom stereocenters. The van der Waals surface area contributed by atoms with E-state index in [0.717, 1.165) is 6.42 Å². The standard InChI is InChI=1S/C17H26N2O4S/c1-16(2,3)19-24(21,22)12-13-7-5-8-14(11-13)18-15(20)17(4)9-6-10-23-17/h5,7-8,11,19H,6,9-10,12H2,1-4H3,(H,18,20). The van der Waals surface area contributed by atoms with Crippen LogP contribution in [-0.2, 0) is 25.3 Å². The van der Waals surface area contributed by atoms with Crippen molar-refractivity contribution < 1.29 is 17.9 Å². The second kappa shape index (κ2) is 6.82. The van der Waals surface area contributed by atoms with Crippen LogP contribution in [0.3, 0.4) is 0 Å². The summed E-state index contributed by atoms with van der Waals surface area (Å²) in [6, 6.07) is 6.88. The van der Waals surface area contributed by atoms with Crippen LogP contribution in [-0.4, -0.2) is 32.1 Å². The molecule has 1 aliphatic heterocycles. The second-order valence-electron chi connectivity index (χ2n) is 7.45. The van der Waals surface area contributed by atoms with E-state index >= 15 is 0 Å². The summed E-state index contributed by atoms with van der Waals surface area (Å²) in [5.41, 5.74) is -0.156. The number of benzene rings is 1. The maximum absolute atomic E-state index is 12.4. The molecule has 1 heterocycles. The molecular formula is C17H26N2O4S. The predicted octanol–water partition coefficient (Wildman–Crippen LogP) is 2.41. The lowest BCUT2D eigenvalue weighted by molar-refractivity contribution is -0.133. The lowest BCUT2D eigenvalue weighted by atomic mass is 10.0. The minimum atomic E-state index is -3.45. The number of carbonyl (C=O) groups is 1. The Labute approximate surface area is 144 Å². The first-order valence-electron chi connectivity index (χ1n) is 8.05. The van der Waals surface area contributed by atoms with E-state index in [-0.39, 0.29) is 11.7 Å². The van der Waals surface area contributed by atoms with Crippen LogP contribution >= 0.6 is 0 Å². The van der Waals surface area contributed by atoms with Crippen molar-refractivity contribution in [2.75, 3.05) is 11.9 Å². The molecule has 0 aliphatic carbocycles. The van der Waals surface area contributed by atoms with Crippen LogP contribution in [0, 0.1) is 0 Å². The number of hydrogen-bond donors (Lipinski definition) is 2. The van der Waals surface area contributed by atoms with Gasteiger partial charge in [-0.05, 0) is 58.2 Å². The number of amides is 1. The summed E-state index contributed by atoms with van der Waals surface area (Å²) >= 11 is 0. The van der Waals surface area contributed by atoms with Gasteiger partial charge in [-0.2, -0.15) is 0 Å². The first-order chi connectivity index (χ1) is 11.0. The van der Waals surface area contributed by atoms with E-state index in [1.54, 1.807) is 52.0 Å². The van der Waals surface area contributed by atoms with Gasteiger partial charge in [0.25, 0.3) is 5.91 Å². The van der Waals surface area contributed by atoms with E-state index in [1.807, 2.05) is 0 Å². The molecule has 24 heavy (non-hydrogen) atoms. The Bertz CT molecular complexity index is 702. The minimum Gasteiger partial charge on any atom is -0.365 e. The Morgan fingerprint density at radius 3 is 2.62 bits per heavy atom. The largest absolute Gasteiger partial charge is 0.365 e. The highest BCUT2D eigenvalue weighted by atomic mass is 32.2. The zero-order chi connectivity index (χ0) is 18.0. The highest BCUT2D eigenvalue weighted by molar-refractivity contribution is 7.88. The first-order valence-corrected chi connectivity index (χ1v) is 9.70. The van der Waals surface area contributed by atoms with Crippen molar-refractivity contribution in [1.29, 1.82) is 0 Å². The van der Waals surface area contributed by atoms with Gasteiger partial charge in [0.15, 0.2) is 0 Å². The highest BCUT2D eigenvalue weighted by Crippen LogP contribution is 2.27. The van der Waals surface area contributed by atoms with Crippen LogP contribution in [0.15, 0.2) is 24.3 Å². The molecule has 1 aromatic carbocycles. The SMILES string of the molecule is CC(C)(C)NS(=O)(=O)Cc1cccc(NC(=O)C2(C)CCCO2)c1. The summed E-state index contributed by atoms with van der Waals surface area (Å²) in [6.45, 7) is 7.74. The Hall–Kier alpha value is -1.44. The fourth-order valence-electron chi connectivity index (χ4n) is 2.68. The summed E-state index contributed by atoms with van der Waals surface area (Å²) in [6.07, 6.45) is 1.54. The average molecular weight is 354 g/mol. The van der Waals surface area contributed by atoms with Gasteiger partial charge in [-0.15, -0.1) is 0 Å². The molecule has 1 aliphatic rings. The molecule has 1 atom stereocenters.